The van der Waals surface area contributed by atoms with Crippen LogP contribution in [0.5, 0.6) is 0 Å². The second-order valence-corrected chi connectivity index (χ2v) is 20.6. The number of hydrogen-bond acceptors (Lipinski definition) is 1. The highest BCUT2D eigenvalue weighted by atomic mass is 15.1. The lowest BCUT2D eigenvalue weighted by atomic mass is 9.74. The summed E-state index contributed by atoms with van der Waals surface area (Å²) in [6.45, 7) is 0. The summed E-state index contributed by atoms with van der Waals surface area (Å²) in [6.07, 6.45) is 20.4. The van der Waals surface area contributed by atoms with Crippen molar-refractivity contribution in [3.05, 3.63) is 305 Å². The first kappa shape index (κ1) is 44.0. The van der Waals surface area contributed by atoms with Crippen molar-refractivity contribution in [3.63, 3.8) is 0 Å². The van der Waals surface area contributed by atoms with Crippen LogP contribution in [0.15, 0.2) is 266 Å². The Bertz CT molecular complexity index is 3530. The number of hydrogen-bond donors (Lipinski definition) is 0. The van der Waals surface area contributed by atoms with Crippen LogP contribution < -0.4 is 4.90 Å². The van der Waals surface area contributed by atoms with Crippen molar-refractivity contribution in [2.45, 2.75) is 68.1 Å². The molecule has 0 N–H and O–H groups in total. The van der Waals surface area contributed by atoms with Crippen molar-refractivity contribution >= 4 is 27.7 Å². The van der Waals surface area contributed by atoms with E-state index in [1.165, 1.54) is 109 Å². The fourth-order valence-corrected chi connectivity index (χ4v) is 12.9. The van der Waals surface area contributed by atoms with Gasteiger partial charge in [0.25, 0.3) is 0 Å². The summed E-state index contributed by atoms with van der Waals surface area (Å²) in [7, 11) is 0. The van der Waals surface area contributed by atoms with E-state index in [0.717, 1.165) is 24.9 Å². The molecule has 1 spiro atoms. The first-order chi connectivity index (χ1) is 35.6. The van der Waals surface area contributed by atoms with Gasteiger partial charge >= 0.3 is 0 Å². The molecule has 348 valence electrons. The predicted octanol–water partition coefficient (Wildman–Crippen LogP) is 18.6. The van der Waals surface area contributed by atoms with Crippen LogP contribution in [0.25, 0.3) is 38.6 Å². The van der Waals surface area contributed by atoms with E-state index in [4.69, 9.17) is 0 Å². The molecule has 0 amide bonds. The molecule has 1 fully saturated rings. The van der Waals surface area contributed by atoms with Crippen molar-refractivity contribution in [1.82, 2.24) is 0 Å². The van der Waals surface area contributed by atoms with Crippen molar-refractivity contribution in [3.8, 4) is 22.3 Å². The summed E-state index contributed by atoms with van der Waals surface area (Å²) < 4.78 is 0. The van der Waals surface area contributed by atoms with Gasteiger partial charge in [0.05, 0.1) is 5.69 Å². The van der Waals surface area contributed by atoms with Gasteiger partial charge < -0.3 is 4.90 Å². The smallest absolute Gasteiger partial charge is 0.0539 e. The topological polar surface area (TPSA) is 3.24 Å². The standard InChI is InChI=1S/C71H59N/c1-4-17-51(18-5-1)55-33-35-58(36-34-55)67(59-39-42-66-65-26-12-13-27-68(65)71(69(66)49-59)43-14-15-44-71)45-50-29-31-54(32-30-50)56-37-40-62(41-38-56)72(70-28-16-24-57-23-10-11-25-64(57)70)63-47-60(52-19-6-2-7-20-52)46-61(48-63)53-21-8-3-9-22-53/h1-13,16-33,35-42,47-49,55,60,67H,14-15,34,43-46H2. The van der Waals surface area contributed by atoms with Crippen molar-refractivity contribution in [2.75, 3.05) is 4.90 Å². The fourth-order valence-electron chi connectivity index (χ4n) is 12.9. The molecular formula is C71H59N. The minimum atomic E-state index is 0.143. The van der Waals surface area contributed by atoms with E-state index in [-0.39, 0.29) is 17.3 Å². The lowest BCUT2D eigenvalue weighted by molar-refractivity contribution is 0.548. The molecule has 0 aromatic heterocycles. The number of benzene rings is 9. The Kier molecular flexibility index (Phi) is 11.6. The highest BCUT2D eigenvalue weighted by molar-refractivity contribution is 5.98. The molecule has 0 aliphatic heterocycles. The number of anilines is 2. The fraction of sp³-hybridized carbons (Fsp3) is 0.155. The van der Waals surface area contributed by atoms with Gasteiger partial charge in [-0.2, -0.15) is 0 Å². The van der Waals surface area contributed by atoms with Gasteiger partial charge in [0.1, 0.15) is 0 Å². The molecule has 3 unspecified atom stereocenters. The summed E-state index contributed by atoms with van der Waals surface area (Å²) in [5.41, 5.74) is 21.7. The molecular weight excluding hydrogens is 867 g/mol. The molecule has 1 nitrogen and oxygen atoms in total. The van der Waals surface area contributed by atoms with Gasteiger partial charge in [-0.3, -0.25) is 0 Å². The monoisotopic (exact) mass is 925 g/mol. The van der Waals surface area contributed by atoms with Gasteiger partial charge in [0.15, 0.2) is 0 Å². The van der Waals surface area contributed by atoms with Crippen LogP contribution in [-0.2, 0) is 11.8 Å². The van der Waals surface area contributed by atoms with Crippen LogP contribution in [-0.4, -0.2) is 0 Å². The van der Waals surface area contributed by atoms with E-state index in [0.29, 0.717) is 5.92 Å². The number of allylic oxidation sites excluding steroid dienone is 7. The van der Waals surface area contributed by atoms with E-state index in [2.05, 4.69) is 260 Å². The molecule has 9 aromatic rings. The van der Waals surface area contributed by atoms with Gasteiger partial charge in [-0.25, -0.2) is 0 Å². The lowest BCUT2D eigenvalue weighted by Crippen LogP contribution is -2.21. The van der Waals surface area contributed by atoms with Crippen LogP contribution >= 0.6 is 0 Å². The van der Waals surface area contributed by atoms with E-state index < -0.39 is 0 Å². The summed E-state index contributed by atoms with van der Waals surface area (Å²) in [5, 5.41) is 2.46. The van der Waals surface area contributed by atoms with Crippen LogP contribution in [0, 0.1) is 0 Å². The van der Waals surface area contributed by atoms with Gasteiger partial charge in [-0.15, -0.1) is 0 Å². The zero-order valence-corrected chi connectivity index (χ0v) is 40.9. The highest BCUT2D eigenvalue weighted by Crippen LogP contribution is 2.57. The highest BCUT2D eigenvalue weighted by Gasteiger charge is 2.45. The van der Waals surface area contributed by atoms with Crippen LogP contribution in [0.4, 0.5) is 11.4 Å². The zero-order chi connectivity index (χ0) is 47.8. The Labute approximate surface area is 425 Å². The third-order valence-electron chi connectivity index (χ3n) is 16.5. The van der Waals surface area contributed by atoms with Gasteiger partial charge in [-0.05, 0) is 134 Å². The maximum Gasteiger partial charge on any atom is 0.0539 e. The van der Waals surface area contributed by atoms with Crippen LogP contribution in [0.2, 0.25) is 0 Å². The average Bonchev–Trinajstić information content (AvgIpc) is 4.07. The molecule has 0 saturated heterocycles. The Morgan fingerprint density at radius 1 is 0.528 bits per heavy atom. The van der Waals surface area contributed by atoms with Crippen LogP contribution in [0.1, 0.15) is 95.2 Å². The van der Waals surface area contributed by atoms with Gasteiger partial charge in [-0.1, -0.05) is 243 Å². The Morgan fingerprint density at radius 2 is 1.17 bits per heavy atom. The van der Waals surface area contributed by atoms with E-state index >= 15 is 0 Å². The lowest BCUT2D eigenvalue weighted by Gasteiger charge is -2.32. The molecule has 1 heteroatoms. The summed E-state index contributed by atoms with van der Waals surface area (Å²) in [4.78, 5) is 2.48. The number of rotatable bonds is 11. The molecule has 9 aromatic carbocycles. The minimum Gasteiger partial charge on any atom is -0.310 e. The summed E-state index contributed by atoms with van der Waals surface area (Å²) in [5.74, 6) is 0.893. The summed E-state index contributed by atoms with van der Waals surface area (Å²) in [6, 6.07) is 83.9. The van der Waals surface area contributed by atoms with Crippen LogP contribution in [0.3, 0.4) is 0 Å². The maximum absolute atomic E-state index is 2.63. The molecule has 72 heavy (non-hydrogen) atoms. The number of fused-ring (bicyclic) bond motifs is 6. The maximum atomic E-state index is 2.63. The van der Waals surface area contributed by atoms with Gasteiger partial charge in [0.2, 0.25) is 0 Å². The predicted molar refractivity (Wildman–Crippen MR) is 303 cm³/mol. The molecule has 0 heterocycles. The molecule has 0 radical (unpaired) electrons. The quantitative estimate of drug-likeness (QED) is 0.125. The number of nitrogens with zero attached hydrogens (tertiary/aromatic N) is 1. The SMILES string of the molecule is C1=CC(c2ccccc2)CC=C1C(Cc1ccc(-c2ccc(N(C3=CC(c4ccccc4)CC(c4ccccc4)=C3)c3cccc4ccccc34)cc2)cc1)c1ccc2c(c1)C1(CCCC1)c1ccccc1-2. The Balaban J connectivity index is 0.835. The minimum absolute atomic E-state index is 0.143. The first-order valence-electron chi connectivity index (χ1n) is 26.3. The molecule has 13 rings (SSSR count). The molecule has 4 aliphatic carbocycles. The molecule has 3 atom stereocenters. The largest absolute Gasteiger partial charge is 0.310 e. The molecule has 4 aliphatic rings. The van der Waals surface area contributed by atoms with Crippen molar-refractivity contribution in [2.24, 2.45) is 0 Å². The normalized spacial score (nSPS) is 18.0. The average molecular weight is 926 g/mol. The Morgan fingerprint density at radius 3 is 1.90 bits per heavy atom. The van der Waals surface area contributed by atoms with Crippen molar-refractivity contribution < 1.29 is 0 Å². The second-order valence-electron chi connectivity index (χ2n) is 20.6. The zero-order valence-electron chi connectivity index (χ0n) is 40.9. The van der Waals surface area contributed by atoms with E-state index in [1.807, 2.05) is 0 Å². The van der Waals surface area contributed by atoms with E-state index in [9.17, 15) is 0 Å². The first-order valence-corrected chi connectivity index (χ1v) is 26.3. The third-order valence-corrected chi connectivity index (χ3v) is 16.5. The molecule has 1 saturated carbocycles. The van der Waals surface area contributed by atoms with Gasteiger partial charge in [0, 0.05) is 39.9 Å². The second kappa shape index (κ2) is 19.0. The summed E-state index contributed by atoms with van der Waals surface area (Å²) >= 11 is 0. The van der Waals surface area contributed by atoms with E-state index in [1.54, 1.807) is 11.1 Å². The third kappa shape index (κ3) is 8.17. The molecule has 0 bridgehead atoms. The van der Waals surface area contributed by atoms with Crippen molar-refractivity contribution in [1.29, 1.82) is 0 Å². The Hall–Kier alpha value is -8.00.